The Morgan fingerprint density at radius 3 is 2.20 bits per heavy atom. The van der Waals surface area contributed by atoms with E-state index in [1.54, 1.807) is 12.1 Å². The van der Waals surface area contributed by atoms with Gasteiger partial charge in [0.2, 0.25) is 0 Å². The van der Waals surface area contributed by atoms with E-state index in [1.807, 2.05) is 56.3 Å². The Balaban J connectivity index is 1.74. The second-order valence-electron chi connectivity index (χ2n) is 6.14. The fraction of sp³-hybridized carbons (Fsp3) is 0.143. The Morgan fingerprint density at radius 1 is 0.880 bits per heavy atom. The Hall–Kier alpha value is -3.14. The summed E-state index contributed by atoms with van der Waals surface area (Å²) in [6.07, 6.45) is 0. The van der Waals surface area contributed by atoms with Crippen LogP contribution in [0, 0.1) is 0 Å². The van der Waals surface area contributed by atoms with Crippen molar-refractivity contribution in [1.29, 1.82) is 0 Å². The molecular formula is C21H21N3O. The molecule has 126 valence electrons. The van der Waals surface area contributed by atoms with Crippen LogP contribution in [0.5, 0.6) is 0 Å². The molecule has 25 heavy (non-hydrogen) atoms. The van der Waals surface area contributed by atoms with E-state index in [4.69, 9.17) is 0 Å². The summed E-state index contributed by atoms with van der Waals surface area (Å²) >= 11 is 0. The summed E-state index contributed by atoms with van der Waals surface area (Å²) in [6, 6.07) is 21.7. The van der Waals surface area contributed by atoms with Crippen LogP contribution in [0.3, 0.4) is 0 Å². The zero-order valence-electron chi connectivity index (χ0n) is 14.7. The van der Waals surface area contributed by atoms with Crippen molar-refractivity contribution in [3.05, 3.63) is 77.9 Å². The predicted octanol–water partition coefficient (Wildman–Crippen LogP) is 4.06. The lowest BCUT2D eigenvalue weighted by atomic mass is 10.0. The summed E-state index contributed by atoms with van der Waals surface area (Å²) in [5.41, 5.74) is 6.02. The largest absolute Gasteiger partial charge is 0.378 e. The van der Waals surface area contributed by atoms with Gasteiger partial charge in [0, 0.05) is 25.3 Å². The number of fused-ring (bicyclic) bond motifs is 1. The highest BCUT2D eigenvalue weighted by molar-refractivity contribution is 6.03. The molecule has 4 nitrogen and oxygen atoms in total. The van der Waals surface area contributed by atoms with Crippen LogP contribution < -0.4 is 10.3 Å². The van der Waals surface area contributed by atoms with Crippen molar-refractivity contribution >= 4 is 28.1 Å². The van der Waals surface area contributed by atoms with Gasteiger partial charge in [-0.05, 0) is 53.6 Å². The predicted molar refractivity (Wildman–Crippen MR) is 104 cm³/mol. The Kier molecular flexibility index (Phi) is 4.80. The number of anilines is 1. The molecule has 0 fully saturated rings. The van der Waals surface area contributed by atoms with Gasteiger partial charge in [-0.15, -0.1) is 0 Å². The van der Waals surface area contributed by atoms with Crippen LogP contribution in [0.4, 0.5) is 5.69 Å². The number of rotatable bonds is 4. The zero-order chi connectivity index (χ0) is 17.8. The van der Waals surface area contributed by atoms with Gasteiger partial charge in [-0.1, -0.05) is 36.4 Å². The van der Waals surface area contributed by atoms with Gasteiger partial charge in [0.05, 0.1) is 5.71 Å². The highest BCUT2D eigenvalue weighted by atomic mass is 16.2. The fourth-order valence-corrected chi connectivity index (χ4v) is 2.59. The van der Waals surface area contributed by atoms with E-state index in [-0.39, 0.29) is 5.91 Å². The summed E-state index contributed by atoms with van der Waals surface area (Å²) in [7, 11) is 3.93. The molecule has 0 aliphatic carbocycles. The smallest absolute Gasteiger partial charge is 0.271 e. The van der Waals surface area contributed by atoms with Crippen molar-refractivity contribution in [2.75, 3.05) is 19.0 Å². The molecule has 0 radical (unpaired) electrons. The number of carbonyl (C=O) groups excluding carboxylic acids is 1. The highest BCUT2D eigenvalue weighted by Crippen LogP contribution is 2.16. The van der Waals surface area contributed by atoms with E-state index in [9.17, 15) is 4.79 Å². The minimum absolute atomic E-state index is 0.217. The van der Waals surface area contributed by atoms with Crippen LogP contribution in [0.15, 0.2) is 71.8 Å². The maximum Gasteiger partial charge on any atom is 0.271 e. The van der Waals surface area contributed by atoms with Crippen LogP contribution in [0.1, 0.15) is 22.8 Å². The fourth-order valence-electron chi connectivity index (χ4n) is 2.59. The minimum Gasteiger partial charge on any atom is -0.378 e. The SMILES string of the molecule is CC(=NNC(=O)c1ccc(N(C)C)cc1)c1ccc2ccccc2c1. The molecule has 0 heterocycles. The second-order valence-corrected chi connectivity index (χ2v) is 6.14. The molecule has 4 heteroatoms. The molecule has 0 unspecified atom stereocenters. The summed E-state index contributed by atoms with van der Waals surface area (Å²) in [5.74, 6) is -0.217. The normalized spacial score (nSPS) is 11.4. The molecule has 0 aliphatic rings. The van der Waals surface area contributed by atoms with Gasteiger partial charge in [0.1, 0.15) is 0 Å². The van der Waals surface area contributed by atoms with Crippen LogP contribution in [0.2, 0.25) is 0 Å². The third-order valence-corrected chi connectivity index (χ3v) is 4.14. The van der Waals surface area contributed by atoms with E-state index in [2.05, 4.69) is 34.8 Å². The van der Waals surface area contributed by atoms with E-state index in [0.717, 1.165) is 22.3 Å². The lowest BCUT2D eigenvalue weighted by molar-refractivity contribution is 0.0955. The van der Waals surface area contributed by atoms with Gasteiger partial charge in [-0.2, -0.15) is 5.10 Å². The van der Waals surface area contributed by atoms with Crippen molar-refractivity contribution < 1.29 is 4.79 Å². The monoisotopic (exact) mass is 331 g/mol. The number of amides is 1. The summed E-state index contributed by atoms with van der Waals surface area (Å²) in [4.78, 5) is 14.2. The number of hydrogen-bond acceptors (Lipinski definition) is 3. The molecular weight excluding hydrogens is 310 g/mol. The minimum atomic E-state index is -0.217. The summed E-state index contributed by atoms with van der Waals surface area (Å²) < 4.78 is 0. The van der Waals surface area contributed by atoms with Crippen LogP contribution in [0.25, 0.3) is 10.8 Å². The Bertz CT molecular complexity index is 927. The first kappa shape index (κ1) is 16.7. The maximum absolute atomic E-state index is 12.2. The van der Waals surface area contributed by atoms with Crippen LogP contribution in [-0.2, 0) is 0 Å². The first-order chi connectivity index (χ1) is 12.0. The lowest BCUT2D eigenvalue weighted by Gasteiger charge is -2.12. The molecule has 0 atom stereocenters. The number of nitrogens with one attached hydrogen (secondary N) is 1. The number of nitrogens with zero attached hydrogens (tertiary/aromatic N) is 2. The molecule has 3 rings (SSSR count). The average Bonchev–Trinajstić information content (AvgIpc) is 2.65. The topological polar surface area (TPSA) is 44.7 Å². The van der Waals surface area contributed by atoms with Gasteiger partial charge in [0.25, 0.3) is 5.91 Å². The molecule has 3 aromatic rings. The number of hydrazone groups is 1. The van der Waals surface area contributed by atoms with E-state index < -0.39 is 0 Å². The third-order valence-electron chi connectivity index (χ3n) is 4.14. The third kappa shape index (κ3) is 3.86. The van der Waals surface area contributed by atoms with Gasteiger partial charge in [0.15, 0.2) is 0 Å². The molecule has 0 spiro atoms. The molecule has 0 saturated heterocycles. The number of carbonyl (C=O) groups is 1. The van der Waals surface area contributed by atoms with Crippen LogP contribution in [-0.4, -0.2) is 25.7 Å². The van der Waals surface area contributed by atoms with Crippen molar-refractivity contribution in [1.82, 2.24) is 5.43 Å². The summed E-state index contributed by atoms with van der Waals surface area (Å²) in [5, 5.41) is 6.58. The molecule has 0 saturated carbocycles. The van der Waals surface area contributed by atoms with Crippen molar-refractivity contribution in [3.8, 4) is 0 Å². The van der Waals surface area contributed by atoms with Gasteiger partial charge < -0.3 is 4.90 Å². The zero-order valence-corrected chi connectivity index (χ0v) is 14.7. The highest BCUT2D eigenvalue weighted by Gasteiger charge is 2.06. The molecule has 0 aromatic heterocycles. The Morgan fingerprint density at radius 2 is 1.52 bits per heavy atom. The van der Waals surface area contributed by atoms with Crippen molar-refractivity contribution in [2.24, 2.45) is 5.10 Å². The average molecular weight is 331 g/mol. The van der Waals surface area contributed by atoms with Crippen molar-refractivity contribution in [3.63, 3.8) is 0 Å². The molecule has 1 amide bonds. The molecule has 3 aromatic carbocycles. The summed E-state index contributed by atoms with van der Waals surface area (Å²) in [6.45, 7) is 1.89. The Labute approximate surface area is 147 Å². The maximum atomic E-state index is 12.2. The molecule has 0 bridgehead atoms. The van der Waals surface area contributed by atoms with Gasteiger partial charge >= 0.3 is 0 Å². The lowest BCUT2D eigenvalue weighted by Crippen LogP contribution is -2.19. The van der Waals surface area contributed by atoms with Crippen LogP contribution >= 0.6 is 0 Å². The second kappa shape index (κ2) is 7.18. The van der Waals surface area contributed by atoms with E-state index >= 15 is 0 Å². The first-order valence-electron chi connectivity index (χ1n) is 8.16. The number of benzene rings is 3. The van der Waals surface area contributed by atoms with Gasteiger partial charge in [-0.25, -0.2) is 5.43 Å². The number of hydrogen-bond donors (Lipinski definition) is 1. The van der Waals surface area contributed by atoms with Crippen molar-refractivity contribution in [2.45, 2.75) is 6.92 Å². The van der Waals surface area contributed by atoms with Gasteiger partial charge in [-0.3, -0.25) is 4.79 Å². The van der Waals surface area contributed by atoms with E-state index in [0.29, 0.717) is 5.56 Å². The standard InChI is InChI=1S/C21H21N3O/c1-15(18-9-8-16-6-4-5-7-19(16)14-18)22-23-21(25)17-10-12-20(13-11-17)24(2)3/h4-14H,1-3H3,(H,23,25). The molecule has 0 aliphatic heterocycles. The first-order valence-corrected chi connectivity index (χ1v) is 8.16. The molecule has 1 N–H and O–H groups in total. The van der Waals surface area contributed by atoms with E-state index in [1.165, 1.54) is 5.39 Å². The quantitative estimate of drug-likeness (QED) is 0.579.